The second-order valence-electron chi connectivity index (χ2n) is 4.16. The molecule has 3 heterocycles. The molecule has 0 fully saturated rings. The van der Waals surface area contributed by atoms with Gasteiger partial charge in [-0.15, -0.1) is 43.1 Å². The van der Waals surface area contributed by atoms with Crippen LogP contribution in [-0.2, 0) is 0 Å². The highest BCUT2D eigenvalue weighted by Gasteiger charge is 2.09. The Hall–Kier alpha value is -1.92. The standard InChI is InChI=1S/C14H12N4S2/c1-3-4-10-6-8-12(20-10)14-17-15-13(16-18-14)11-7-5-9(2)19-11/h3-8H,1-2H3/b4-3+. The molecule has 0 saturated carbocycles. The summed E-state index contributed by atoms with van der Waals surface area (Å²) in [6.07, 6.45) is 4.06. The first kappa shape index (κ1) is 13.1. The zero-order valence-corrected chi connectivity index (χ0v) is 12.7. The average molecular weight is 300 g/mol. The largest absolute Gasteiger partial charge is 0.213 e. The molecular formula is C14H12N4S2. The Bertz CT molecular complexity index is 741. The minimum atomic E-state index is 0.572. The van der Waals surface area contributed by atoms with Gasteiger partial charge in [-0.2, -0.15) is 0 Å². The molecule has 3 aromatic heterocycles. The smallest absolute Gasteiger partial charge is 0.137 e. The molecule has 3 rings (SSSR count). The molecule has 20 heavy (non-hydrogen) atoms. The van der Waals surface area contributed by atoms with Crippen molar-refractivity contribution in [2.75, 3.05) is 0 Å². The second kappa shape index (κ2) is 5.60. The van der Waals surface area contributed by atoms with Crippen LogP contribution in [0.3, 0.4) is 0 Å². The first-order valence-electron chi connectivity index (χ1n) is 6.13. The van der Waals surface area contributed by atoms with Gasteiger partial charge in [0.05, 0.1) is 9.75 Å². The molecule has 0 aliphatic heterocycles. The molecule has 0 bridgehead atoms. The predicted molar refractivity (Wildman–Crippen MR) is 83.7 cm³/mol. The van der Waals surface area contributed by atoms with Gasteiger partial charge in [0.15, 0.2) is 0 Å². The van der Waals surface area contributed by atoms with Gasteiger partial charge in [-0.1, -0.05) is 6.08 Å². The maximum atomic E-state index is 4.18. The summed E-state index contributed by atoms with van der Waals surface area (Å²) in [6.45, 7) is 4.05. The van der Waals surface area contributed by atoms with E-state index in [4.69, 9.17) is 0 Å². The zero-order chi connectivity index (χ0) is 13.9. The Morgan fingerprint density at radius 3 is 2.00 bits per heavy atom. The van der Waals surface area contributed by atoms with Crippen molar-refractivity contribution in [2.24, 2.45) is 0 Å². The fourth-order valence-electron chi connectivity index (χ4n) is 1.71. The van der Waals surface area contributed by atoms with Crippen LogP contribution in [0.25, 0.3) is 27.5 Å². The van der Waals surface area contributed by atoms with E-state index < -0.39 is 0 Å². The minimum Gasteiger partial charge on any atom is -0.137 e. The summed E-state index contributed by atoms with van der Waals surface area (Å²) in [6, 6.07) is 8.07. The Kier molecular flexibility index (Phi) is 3.66. The van der Waals surface area contributed by atoms with Crippen LogP contribution >= 0.6 is 22.7 Å². The molecule has 4 nitrogen and oxygen atoms in total. The lowest BCUT2D eigenvalue weighted by Gasteiger charge is -1.95. The van der Waals surface area contributed by atoms with Gasteiger partial charge in [-0.3, -0.25) is 0 Å². The number of aromatic nitrogens is 4. The van der Waals surface area contributed by atoms with Gasteiger partial charge < -0.3 is 0 Å². The third kappa shape index (κ3) is 2.66. The lowest BCUT2D eigenvalue weighted by molar-refractivity contribution is 0.881. The molecule has 0 unspecified atom stereocenters. The van der Waals surface area contributed by atoms with Crippen LogP contribution in [0.15, 0.2) is 30.3 Å². The van der Waals surface area contributed by atoms with E-state index in [0.29, 0.717) is 11.6 Å². The first-order chi connectivity index (χ1) is 9.76. The van der Waals surface area contributed by atoms with Gasteiger partial charge in [0.2, 0.25) is 11.6 Å². The summed E-state index contributed by atoms with van der Waals surface area (Å²) >= 11 is 3.27. The fourth-order valence-corrected chi connectivity index (χ4v) is 3.40. The zero-order valence-electron chi connectivity index (χ0n) is 11.1. The Morgan fingerprint density at radius 1 is 0.850 bits per heavy atom. The lowest BCUT2D eigenvalue weighted by Crippen LogP contribution is -1.97. The maximum absolute atomic E-state index is 4.18. The highest BCUT2D eigenvalue weighted by Crippen LogP contribution is 2.27. The molecule has 0 amide bonds. The van der Waals surface area contributed by atoms with Crippen LogP contribution in [0, 0.1) is 6.92 Å². The molecule has 0 aliphatic carbocycles. The normalized spacial score (nSPS) is 11.3. The topological polar surface area (TPSA) is 51.6 Å². The third-order valence-corrected chi connectivity index (χ3v) is 4.66. The summed E-state index contributed by atoms with van der Waals surface area (Å²) in [5.74, 6) is 1.15. The third-order valence-electron chi connectivity index (χ3n) is 2.62. The van der Waals surface area contributed by atoms with Crippen LogP contribution in [0.1, 0.15) is 16.7 Å². The fraction of sp³-hybridized carbons (Fsp3) is 0.143. The molecule has 0 saturated heterocycles. The van der Waals surface area contributed by atoms with Crippen molar-refractivity contribution in [3.8, 4) is 21.4 Å². The molecule has 0 spiro atoms. The summed E-state index contributed by atoms with van der Waals surface area (Å²) in [7, 11) is 0. The molecule has 0 aliphatic rings. The van der Waals surface area contributed by atoms with Crippen LogP contribution in [-0.4, -0.2) is 20.4 Å². The van der Waals surface area contributed by atoms with E-state index in [-0.39, 0.29) is 0 Å². The summed E-state index contributed by atoms with van der Waals surface area (Å²) in [4.78, 5) is 4.37. The van der Waals surface area contributed by atoms with Crippen molar-refractivity contribution in [3.05, 3.63) is 40.1 Å². The van der Waals surface area contributed by atoms with Gasteiger partial charge in [0, 0.05) is 9.75 Å². The van der Waals surface area contributed by atoms with Crippen LogP contribution in [0.2, 0.25) is 0 Å². The average Bonchev–Trinajstić information content (AvgIpc) is 3.09. The van der Waals surface area contributed by atoms with E-state index in [1.54, 1.807) is 22.7 Å². The number of aryl methyl sites for hydroxylation is 1. The highest BCUT2D eigenvalue weighted by atomic mass is 32.1. The van der Waals surface area contributed by atoms with Crippen LogP contribution < -0.4 is 0 Å². The number of hydrogen-bond acceptors (Lipinski definition) is 6. The monoisotopic (exact) mass is 300 g/mol. The molecular weight excluding hydrogens is 288 g/mol. The predicted octanol–water partition coefficient (Wildman–Crippen LogP) is 4.07. The Morgan fingerprint density at radius 2 is 1.45 bits per heavy atom. The second-order valence-corrected chi connectivity index (χ2v) is 6.56. The SMILES string of the molecule is C/C=C/c1ccc(-c2nnc(-c3ccc(C)s3)nn2)s1. The van der Waals surface area contributed by atoms with E-state index in [9.17, 15) is 0 Å². The van der Waals surface area contributed by atoms with E-state index >= 15 is 0 Å². The maximum Gasteiger partial charge on any atom is 0.213 e. The molecule has 0 atom stereocenters. The molecule has 100 valence electrons. The van der Waals surface area contributed by atoms with Gasteiger partial charge in [0.1, 0.15) is 0 Å². The molecule has 0 aromatic carbocycles. The van der Waals surface area contributed by atoms with Gasteiger partial charge in [0.25, 0.3) is 0 Å². The number of hydrogen-bond donors (Lipinski definition) is 0. The number of thiophene rings is 2. The summed E-state index contributed by atoms with van der Waals surface area (Å²) < 4.78 is 0. The first-order valence-corrected chi connectivity index (χ1v) is 7.76. The van der Waals surface area contributed by atoms with Crippen molar-refractivity contribution < 1.29 is 0 Å². The molecule has 3 aromatic rings. The number of rotatable bonds is 3. The number of allylic oxidation sites excluding steroid dienone is 1. The molecule has 0 radical (unpaired) electrons. The Labute approximate surface area is 124 Å². The minimum absolute atomic E-state index is 0.572. The number of nitrogens with zero attached hydrogens (tertiary/aromatic N) is 4. The van der Waals surface area contributed by atoms with Crippen molar-refractivity contribution in [1.29, 1.82) is 0 Å². The van der Waals surface area contributed by atoms with Crippen molar-refractivity contribution >= 4 is 28.7 Å². The van der Waals surface area contributed by atoms with Crippen LogP contribution in [0.5, 0.6) is 0 Å². The van der Waals surface area contributed by atoms with Crippen molar-refractivity contribution in [1.82, 2.24) is 20.4 Å². The van der Waals surface area contributed by atoms with Gasteiger partial charge in [-0.25, -0.2) is 0 Å². The van der Waals surface area contributed by atoms with Gasteiger partial charge in [-0.05, 0) is 44.2 Å². The summed E-state index contributed by atoms with van der Waals surface area (Å²) in [5.41, 5.74) is 0. The highest BCUT2D eigenvalue weighted by molar-refractivity contribution is 7.16. The lowest BCUT2D eigenvalue weighted by atomic mass is 10.4. The molecule has 6 heteroatoms. The van der Waals surface area contributed by atoms with Crippen molar-refractivity contribution in [2.45, 2.75) is 13.8 Å². The quantitative estimate of drug-likeness (QED) is 0.732. The molecule has 0 N–H and O–H groups in total. The van der Waals surface area contributed by atoms with Crippen LogP contribution in [0.4, 0.5) is 0 Å². The van der Waals surface area contributed by atoms with Gasteiger partial charge >= 0.3 is 0 Å². The van der Waals surface area contributed by atoms with E-state index in [2.05, 4.69) is 33.4 Å². The summed E-state index contributed by atoms with van der Waals surface area (Å²) in [5, 5.41) is 16.7. The Balaban J connectivity index is 1.88. The van der Waals surface area contributed by atoms with E-state index in [0.717, 1.165) is 9.75 Å². The van der Waals surface area contributed by atoms with Crippen molar-refractivity contribution in [3.63, 3.8) is 0 Å². The van der Waals surface area contributed by atoms with E-state index in [1.807, 2.05) is 37.3 Å². The van der Waals surface area contributed by atoms with E-state index in [1.165, 1.54) is 9.75 Å².